The molecule has 0 spiro atoms. The van der Waals surface area contributed by atoms with E-state index in [1.54, 1.807) is 0 Å². The van der Waals surface area contributed by atoms with Crippen molar-refractivity contribution < 1.29 is 8.83 Å². The molecule has 4 aliphatic rings. The Morgan fingerprint density at radius 3 is 1.09 bits per heavy atom. The molecule has 3 nitrogen and oxygen atoms in total. The van der Waals surface area contributed by atoms with Crippen LogP contribution in [0.3, 0.4) is 0 Å². The second-order valence-corrected chi connectivity index (χ2v) is 27.4. The molecule has 9 aromatic carbocycles. The molecule has 0 atom stereocenters. The summed E-state index contributed by atoms with van der Waals surface area (Å²) in [5, 5.41) is 4.82. The van der Waals surface area contributed by atoms with E-state index < -0.39 is 0 Å². The van der Waals surface area contributed by atoms with Gasteiger partial charge in [-0.3, -0.25) is 0 Å². The zero-order chi connectivity index (χ0) is 53.4. The van der Waals surface area contributed by atoms with E-state index in [-0.39, 0.29) is 32.5 Å². The van der Waals surface area contributed by atoms with Gasteiger partial charge in [-0.15, -0.1) is 0 Å². The first-order chi connectivity index (χ1) is 36.4. The fourth-order valence-electron chi connectivity index (χ4n) is 14.8. The van der Waals surface area contributed by atoms with Gasteiger partial charge in [-0.2, -0.15) is 0 Å². The summed E-state index contributed by atoms with van der Waals surface area (Å²) in [6.07, 6.45) is 0. The number of rotatable bonds is 3. The van der Waals surface area contributed by atoms with Crippen LogP contribution in [0.2, 0.25) is 0 Å². The van der Waals surface area contributed by atoms with Crippen LogP contribution < -0.4 is 4.90 Å². The van der Waals surface area contributed by atoms with E-state index >= 15 is 0 Å². The number of furan rings is 2. The lowest BCUT2D eigenvalue weighted by molar-refractivity contribution is 0.569. The number of anilines is 3. The SMILES string of the molecule is CC(C)(C)c1cc(N(c2ccc3c(c2)C(C)(C)c2cc4c(cc2-3)C(C)(C)c2ccc3oc5ccccc5c3c2-4)c2ccc3c(c2)C(C)(C)c2cc4c(cc2-3)C(C)(C)c2ccc3oc5ccccc5c3c2-4)cc(C(C)(C)C)c1. The monoisotopic (exact) mass is 1000 g/mol. The minimum Gasteiger partial charge on any atom is -0.456 e. The van der Waals surface area contributed by atoms with Gasteiger partial charge in [0.1, 0.15) is 22.3 Å². The van der Waals surface area contributed by atoms with Gasteiger partial charge in [-0.1, -0.05) is 164 Å². The van der Waals surface area contributed by atoms with Gasteiger partial charge in [0.15, 0.2) is 0 Å². The molecule has 11 aromatic rings. The largest absolute Gasteiger partial charge is 0.456 e. The summed E-state index contributed by atoms with van der Waals surface area (Å²) < 4.78 is 13.0. The molecule has 2 aromatic heterocycles. The predicted octanol–water partition coefficient (Wildman–Crippen LogP) is 20.8. The van der Waals surface area contributed by atoms with Gasteiger partial charge < -0.3 is 13.7 Å². The quantitative estimate of drug-likeness (QED) is 0.177. The summed E-state index contributed by atoms with van der Waals surface area (Å²) in [5.41, 5.74) is 30.6. The first kappa shape index (κ1) is 46.7. The molecule has 4 aliphatic carbocycles. The number of hydrogen-bond donors (Lipinski definition) is 0. The summed E-state index contributed by atoms with van der Waals surface area (Å²) in [5.74, 6) is 0. The number of hydrogen-bond acceptors (Lipinski definition) is 3. The third-order valence-electron chi connectivity index (χ3n) is 19.3. The van der Waals surface area contributed by atoms with Crippen LogP contribution >= 0.6 is 0 Å². The normalized spacial score (nSPS) is 16.6. The molecule has 0 N–H and O–H groups in total. The smallest absolute Gasteiger partial charge is 0.136 e. The Morgan fingerprint density at radius 2 is 0.675 bits per heavy atom. The lowest BCUT2D eigenvalue weighted by Gasteiger charge is -2.33. The molecule has 77 heavy (non-hydrogen) atoms. The van der Waals surface area contributed by atoms with Crippen LogP contribution in [-0.2, 0) is 32.5 Å². The maximum atomic E-state index is 6.51. The summed E-state index contributed by atoms with van der Waals surface area (Å²) in [6, 6.07) is 58.4. The van der Waals surface area contributed by atoms with E-state index in [9.17, 15) is 0 Å². The minimum atomic E-state index is -0.271. The number of benzene rings is 9. The van der Waals surface area contributed by atoms with E-state index in [0.717, 1.165) is 22.3 Å². The van der Waals surface area contributed by atoms with Crippen LogP contribution in [0.5, 0.6) is 0 Å². The first-order valence-corrected chi connectivity index (χ1v) is 28.0. The summed E-state index contributed by atoms with van der Waals surface area (Å²) in [4.78, 5) is 2.57. The molecule has 0 saturated carbocycles. The lowest BCUT2D eigenvalue weighted by atomic mass is 9.79. The lowest BCUT2D eigenvalue weighted by Crippen LogP contribution is -2.20. The maximum absolute atomic E-state index is 6.51. The highest BCUT2D eigenvalue weighted by molar-refractivity contribution is 6.16. The highest BCUT2D eigenvalue weighted by Gasteiger charge is 2.45. The number of fused-ring (bicyclic) bond motifs is 20. The minimum absolute atomic E-state index is 0.0624. The Morgan fingerprint density at radius 1 is 0.312 bits per heavy atom. The Bertz CT molecular complexity index is 4190. The summed E-state index contributed by atoms with van der Waals surface area (Å²) in [6.45, 7) is 33.5. The molecular weight excluding hydrogens is 935 g/mol. The number of nitrogens with zero attached hydrogens (tertiary/aromatic N) is 1. The zero-order valence-electron chi connectivity index (χ0n) is 47.2. The van der Waals surface area contributed by atoms with Crippen LogP contribution in [0.15, 0.2) is 160 Å². The highest BCUT2D eigenvalue weighted by Crippen LogP contribution is 2.61. The van der Waals surface area contributed by atoms with Crippen molar-refractivity contribution in [2.75, 3.05) is 4.90 Å². The van der Waals surface area contributed by atoms with Gasteiger partial charge in [0.05, 0.1) is 0 Å². The summed E-state index contributed by atoms with van der Waals surface area (Å²) >= 11 is 0. The highest BCUT2D eigenvalue weighted by atomic mass is 16.3. The molecule has 0 unspecified atom stereocenters. The van der Waals surface area contributed by atoms with E-state index in [0.29, 0.717) is 0 Å². The van der Waals surface area contributed by atoms with E-state index in [1.165, 1.54) is 139 Å². The van der Waals surface area contributed by atoms with Gasteiger partial charge in [0.25, 0.3) is 0 Å². The Hall–Kier alpha value is -7.62. The third-order valence-corrected chi connectivity index (χ3v) is 19.3. The molecule has 0 fully saturated rings. The zero-order valence-corrected chi connectivity index (χ0v) is 47.2. The molecule has 0 bridgehead atoms. The molecule has 0 amide bonds. The van der Waals surface area contributed by atoms with Crippen molar-refractivity contribution in [2.24, 2.45) is 0 Å². The molecule has 3 heteroatoms. The van der Waals surface area contributed by atoms with Crippen LogP contribution in [0.1, 0.15) is 153 Å². The Kier molecular flexibility index (Phi) is 8.90. The van der Waals surface area contributed by atoms with Gasteiger partial charge >= 0.3 is 0 Å². The fraction of sp³-hybridized carbons (Fsp3) is 0.270. The van der Waals surface area contributed by atoms with Crippen molar-refractivity contribution in [3.8, 4) is 44.5 Å². The molecule has 0 radical (unpaired) electrons. The maximum Gasteiger partial charge on any atom is 0.136 e. The van der Waals surface area contributed by atoms with E-state index in [2.05, 4.69) is 253 Å². The van der Waals surface area contributed by atoms with Crippen LogP contribution in [0.25, 0.3) is 88.4 Å². The fourth-order valence-corrected chi connectivity index (χ4v) is 14.8. The van der Waals surface area contributed by atoms with Crippen LogP contribution in [0.4, 0.5) is 17.1 Å². The van der Waals surface area contributed by atoms with E-state index in [1.807, 2.05) is 0 Å². The van der Waals surface area contributed by atoms with Crippen molar-refractivity contribution in [1.29, 1.82) is 0 Å². The van der Waals surface area contributed by atoms with E-state index in [4.69, 9.17) is 8.83 Å². The molecule has 0 aliphatic heterocycles. The van der Waals surface area contributed by atoms with Crippen molar-refractivity contribution in [2.45, 2.75) is 129 Å². The second-order valence-electron chi connectivity index (χ2n) is 27.4. The Labute approximate surface area is 453 Å². The van der Waals surface area contributed by atoms with Crippen molar-refractivity contribution in [3.05, 3.63) is 207 Å². The van der Waals surface area contributed by atoms with Gasteiger partial charge in [-0.25, -0.2) is 0 Å². The van der Waals surface area contributed by atoms with Crippen LogP contribution in [0, 0.1) is 0 Å². The van der Waals surface area contributed by atoms with Crippen molar-refractivity contribution >= 4 is 60.9 Å². The molecule has 15 rings (SSSR count). The Balaban J connectivity index is 0.902. The standard InChI is InChI=1S/C74H67NO2/c1-69(2,3)40-31-41(70(4,5)6)33-44(32-40)75(42-23-25-45-49-36-59-51(38-57(49)73(11,12)55(45)34-42)65-53(71(59,7)8)27-29-63-67(65)47-19-15-17-21-61(47)76-63)43-24-26-46-50-37-60-52(39-58(50)74(13,14)56(46)35-43)66-54(72(60,9)10)28-30-64-68(66)48-20-16-18-22-62(48)77-64/h15-39H,1-14H3. The van der Waals surface area contributed by atoms with Crippen molar-refractivity contribution in [3.63, 3.8) is 0 Å². The van der Waals surface area contributed by atoms with Crippen LogP contribution in [-0.4, -0.2) is 0 Å². The molecule has 0 saturated heterocycles. The van der Waals surface area contributed by atoms with Gasteiger partial charge in [0.2, 0.25) is 0 Å². The van der Waals surface area contributed by atoms with Gasteiger partial charge in [-0.05, 0) is 196 Å². The third kappa shape index (κ3) is 6.09. The first-order valence-electron chi connectivity index (χ1n) is 28.0. The predicted molar refractivity (Wildman–Crippen MR) is 323 cm³/mol. The average molecular weight is 1000 g/mol. The number of para-hydroxylation sites is 2. The van der Waals surface area contributed by atoms with Crippen molar-refractivity contribution in [1.82, 2.24) is 0 Å². The molecular formula is C74H67NO2. The summed E-state index contributed by atoms with van der Waals surface area (Å²) in [7, 11) is 0. The van der Waals surface area contributed by atoms with Gasteiger partial charge in [0, 0.05) is 60.3 Å². The second kappa shape index (κ2) is 14.7. The topological polar surface area (TPSA) is 29.5 Å². The molecule has 2 heterocycles. The average Bonchev–Trinajstić information content (AvgIpc) is 4.36. The molecule has 380 valence electrons.